The lowest BCUT2D eigenvalue weighted by Crippen LogP contribution is -2.40. The van der Waals surface area contributed by atoms with Crippen molar-refractivity contribution < 1.29 is 13.9 Å². The van der Waals surface area contributed by atoms with Crippen LogP contribution < -0.4 is 0 Å². The van der Waals surface area contributed by atoms with Crippen LogP contribution in [0, 0.1) is 17.7 Å². The minimum Gasteiger partial charge on any atom is -0.416 e. The van der Waals surface area contributed by atoms with E-state index in [2.05, 4.69) is 50.7 Å². The van der Waals surface area contributed by atoms with Crippen LogP contribution in [0.25, 0.3) is 32.7 Å². The molecule has 0 aliphatic heterocycles. The first kappa shape index (κ1) is 27.9. The molecule has 2 aromatic carbocycles. The first-order chi connectivity index (χ1) is 18.1. The number of aliphatic hydroxyl groups excluding tert-OH is 1. The Labute approximate surface area is 230 Å². The number of hydrogen-bond donors (Lipinski definition) is 1. The summed E-state index contributed by atoms with van der Waals surface area (Å²) in [5, 5.41) is 9.97. The van der Waals surface area contributed by atoms with Gasteiger partial charge in [0.1, 0.15) is 5.82 Å². The second kappa shape index (κ2) is 11.8. The molecule has 0 aliphatic rings. The maximum absolute atomic E-state index is 13.8. The van der Waals surface area contributed by atoms with Crippen molar-refractivity contribution in [1.82, 2.24) is 4.98 Å². The van der Waals surface area contributed by atoms with Crippen molar-refractivity contribution in [3.63, 3.8) is 0 Å². The minimum atomic E-state index is -1.83. The Balaban J connectivity index is 1.83. The maximum Gasteiger partial charge on any atom is 0.192 e. The van der Waals surface area contributed by atoms with Crippen molar-refractivity contribution in [2.75, 3.05) is 6.61 Å². The highest BCUT2D eigenvalue weighted by molar-refractivity contribution is 7.17. The predicted molar refractivity (Wildman–Crippen MR) is 159 cm³/mol. The van der Waals surface area contributed by atoms with E-state index in [1.54, 1.807) is 23.7 Å². The second-order valence-electron chi connectivity index (χ2n) is 10.8. The van der Waals surface area contributed by atoms with Crippen molar-refractivity contribution in [2.45, 2.75) is 51.9 Å². The summed E-state index contributed by atoms with van der Waals surface area (Å²) in [6.07, 6.45) is 4.19. The van der Waals surface area contributed by atoms with Crippen molar-refractivity contribution in [3.8, 4) is 44.5 Å². The van der Waals surface area contributed by atoms with E-state index in [1.165, 1.54) is 12.1 Å². The molecule has 1 N–H and O–H groups in total. The molecule has 4 rings (SSSR count). The monoisotopic (exact) mass is 543 g/mol. The number of pyridine rings is 1. The summed E-state index contributed by atoms with van der Waals surface area (Å²) >= 11 is 1.60. The number of aromatic nitrogens is 1. The lowest BCUT2D eigenvalue weighted by atomic mass is 9.92. The zero-order valence-corrected chi connectivity index (χ0v) is 24.5. The minimum absolute atomic E-state index is 0.0425. The van der Waals surface area contributed by atoms with Crippen molar-refractivity contribution >= 4 is 19.7 Å². The molecule has 38 heavy (non-hydrogen) atoms. The molecule has 2 aromatic heterocycles. The molecule has 0 saturated heterocycles. The molecule has 0 radical (unpaired) electrons. The third-order valence-electron chi connectivity index (χ3n) is 7.08. The fourth-order valence-corrected chi connectivity index (χ4v) is 6.21. The molecule has 3 nitrogen and oxygen atoms in total. The van der Waals surface area contributed by atoms with E-state index in [1.807, 2.05) is 48.5 Å². The third kappa shape index (κ3) is 6.31. The zero-order chi connectivity index (χ0) is 27.3. The van der Waals surface area contributed by atoms with E-state index >= 15 is 0 Å². The number of rotatable bonds is 7. The molecular weight excluding hydrogens is 510 g/mol. The van der Waals surface area contributed by atoms with Crippen LogP contribution in [0.1, 0.15) is 37.6 Å². The van der Waals surface area contributed by atoms with Crippen molar-refractivity contribution in [2.24, 2.45) is 0 Å². The molecule has 0 spiro atoms. The number of hydrogen-bond acceptors (Lipinski definition) is 4. The Morgan fingerprint density at radius 2 is 1.66 bits per heavy atom. The molecule has 0 saturated carbocycles. The van der Waals surface area contributed by atoms with Crippen LogP contribution in [-0.2, 0) is 11.0 Å². The Morgan fingerprint density at radius 1 is 0.947 bits per heavy atom. The summed E-state index contributed by atoms with van der Waals surface area (Å²) in [5.41, 5.74) is 5.79. The summed E-state index contributed by atoms with van der Waals surface area (Å²) in [7, 11) is -1.83. The average Bonchev–Trinajstić information content (AvgIpc) is 3.28. The molecule has 0 amide bonds. The van der Waals surface area contributed by atoms with Gasteiger partial charge in [0, 0.05) is 41.4 Å². The van der Waals surface area contributed by atoms with Crippen LogP contribution in [0.3, 0.4) is 0 Å². The van der Waals surface area contributed by atoms with Gasteiger partial charge in [-0.3, -0.25) is 4.98 Å². The molecule has 2 heterocycles. The molecule has 196 valence electrons. The number of nitrogens with zero attached hydrogens (tertiary/aromatic N) is 1. The van der Waals surface area contributed by atoms with Crippen molar-refractivity contribution in [1.29, 1.82) is 0 Å². The van der Waals surface area contributed by atoms with Gasteiger partial charge in [0.05, 0.1) is 11.5 Å². The molecule has 6 heteroatoms. The van der Waals surface area contributed by atoms with Crippen LogP contribution in [0.4, 0.5) is 4.39 Å². The standard InChI is InChI=1S/C32H34FNO2SSi/c1-32(2,3)38(4,5)36-20-7-6-11-28-29(26-10-8-9-23(21-26)22-35)30(24-16-18-34-19-17-24)31(37-28)25-12-14-27(33)15-13-25/h8-10,12-19,21,35H,7,20,22H2,1-5H3. The molecule has 0 fully saturated rings. The van der Waals surface area contributed by atoms with Gasteiger partial charge in [-0.2, -0.15) is 0 Å². The number of benzene rings is 2. The zero-order valence-electron chi connectivity index (χ0n) is 22.6. The molecule has 0 aliphatic carbocycles. The first-order valence-electron chi connectivity index (χ1n) is 12.8. The van der Waals surface area contributed by atoms with E-state index < -0.39 is 8.32 Å². The number of thiophene rings is 1. The molecular formula is C32H34FNO2SSi. The lowest BCUT2D eigenvalue weighted by molar-refractivity contribution is 0.282. The van der Waals surface area contributed by atoms with Crippen LogP contribution in [0.2, 0.25) is 18.1 Å². The lowest BCUT2D eigenvalue weighted by Gasteiger charge is -2.35. The summed E-state index contributed by atoms with van der Waals surface area (Å²) in [6.45, 7) is 11.8. The summed E-state index contributed by atoms with van der Waals surface area (Å²) in [6, 6.07) is 18.5. The second-order valence-corrected chi connectivity index (χ2v) is 16.6. The van der Waals surface area contributed by atoms with E-state index in [0.717, 1.165) is 43.1 Å². The van der Waals surface area contributed by atoms with Crippen LogP contribution >= 0.6 is 11.3 Å². The van der Waals surface area contributed by atoms with Gasteiger partial charge in [-0.15, -0.1) is 11.3 Å². The maximum atomic E-state index is 13.8. The Bertz CT molecular complexity index is 1450. The number of aliphatic hydroxyl groups is 1. The van der Waals surface area contributed by atoms with Crippen molar-refractivity contribution in [3.05, 3.63) is 89.3 Å². The van der Waals surface area contributed by atoms with Gasteiger partial charge < -0.3 is 9.53 Å². The van der Waals surface area contributed by atoms with Gasteiger partial charge in [-0.25, -0.2) is 4.39 Å². The van der Waals surface area contributed by atoms with Gasteiger partial charge in [0.15, 0.2) is 8.32 Å². The van der Waals surface area contributed by atoms with Gasteiger partial charge in [0.25, 0.3) is 0 Å². The van der Waals surface area contributed by atoms with Gasteiger partial charge in [-0.05, 0) is 70.7 Å². The fourth-order valence-electron chi connectivity index (χ4n) is 3.93. The van der Waals surface area contributed by atoms with Crippen LogP contribution in [0.15, 0.2) is 73.1 Å². The molecule has 0 unspecified atom stereocenters. The highest BCUT2D eigenvalue weighted by Gasteiger charge is 2.36. The Morgan fingerprint density at radius 3 is 2.32 bits per heavy atom. The highest BCUT2D eigenvalue weighted by atomic mass is 32.1. The molecule has 4 aromatic rings. The highest BCUT2D eigenvalue weighted by Crippen LogP contribution is 2.48. The van der Waals surface area contributed by atoms with E-state index in [-0.39, 0.29) is 17.5 Å². The molecule has 0 bridgehead atoms. The molecule has 0 atom stereocenters. The fraction of sp³-hybridized carbons (Fsp3) is 0.281. The summed E-state index contributed by atoms with van der Waals surface area (Å²) < 4.78 is 20.1. The van der Waals surface area contributed by atoms with Gasteiger partial charge >= 0.3 is 0 Å². The van der Waals surface area contributed by atoms with Gasteiger partial charge in [-0.1, -0.05) is 62.9 Å². The largest absolute Gasteiger partial charge is 0.416 e. The van der Waals surface area contributed by atoms with E-state index in [0.29, 0.717) is 13.0 Å². The normalized spacial score (nSPS) is 11.8. The summed E-state index contributed by atoms with van der Waals surface area (Å²) in [4.78, 5) is 6.16. The van der Waals surface area contributed by atoms with E-state index in [4.69, 9.17) is 4.43 Å². The van der Waals surface area contributed by atoms with E-state index in [9.17, 15) is 9.50 Å². The summed E-state index contributed by atoms with van der Waals surface area (Å²) in [5.74, 6) is 6.52. The SMILES string of the molecule is CC(C)(C)[Si](C)(C)OCCC#Cc1sc(-c2ccc(F)cc2)c(-c2ccncc2)c1-c1cccc(CO)c1. The first-order valence-corrected chi connectivity index (χ1v) is 16.5. The third-order valence-corrected chi connectivity index (χ3v) is 12.8. The quantitative estimate of drug-likeness (QED) is 0.144. The topological polar surface area (TPSA) is 42.4 Å². The van der Waals surface area contributed by atoms with Gasteiger partial charge in [0.2, 0.25) is 0 Å². The smallest absolute Gasteiger partial charge is 0.192 e. The average molecular weight is 544 g/mol. The Kier molecular flexibility index (Phi) is 8.64. The number of halogens is 1. The predicted octanol–water partition coefficient (Wildman–Crippen LogP) is 8.54. The van der Waals surface area contributed by atoms with Crippen LogP contribution in [-0.4, -0.2) is 25.0 Å². The van der Waals surface area contributed by atoms with Crippen LogP contribution in [0.5, 0.6) is 0 Å². The Hall–Kier alpha value is -3.08.